The Morgan fingerprint density at radius 1 is 1.06 bits per heavy atom. The van der Waals surface area contributed by atoms with Crippen LogP contribution < -0.4 is 10.2 Å². The van der Waals surface area contributed by atoms with Crippen LogP contribution in [0.25, 0.3) is 16.8 Å². The third-order valence-corrected chi connectivity index (χ3v) is 10.5. The van der Waals surface area contributed by atoms with Crippen molar-refractivity contribution < 1.29 is 37.1 Å². The number of carboxylic acids is 1. The zero-order valence-corrected chi connectivity index (χ0v) is 27.3. The molecule has 3 unspecified atom stereocenters. The number of benzene rings is 2. The molecule has 7 rings (SSSR count). The second kappa shape index (κ2) is 11.6. The summed E-state index contributed by atoms with van der Waals surface area (Å²) in [5, 5.41) is 12.4. The van der Waals surface area contributed by atoms with Crippen LogP contribution in [0.15, 0.2) is 48.8 Å². The van der Waals surface area contributed by atoms with Crippen LogP contribution in [0.4, 0.5) is 23.2 Å². The van der Waals surface area contributed by atoms with E-state index in [4.69, 9.17) is 0 Å². The van der Waals surface area contributed by atoms with Gasteiger partial charge in [0, 0.05) is 24.5 Å². The van der Waals surface area contributed by atoms with Gasteiger partial charge in [0.1, 0.15) is 23.7 Å². The number of carbonyl (C=O) groups excluding carboxylic acids is 2. The number of hydrogen-bond donors (Lipinski definition) is 2. The molecule has 1 aliphatic carbocycles. The molecular formula is C36H35F4N5O4. The Bertz CT molecular complexity index is 2020. The number of carboxylic acid groups (broad SMARTS) is 1. The average molecular weight is 678 g/mol. The lowest BCUT2D eigenvalue weighted by Gasteiger charge is -2.36. The number of piperidine rings is 1. The highest BCUT2D eigenvalue weighted by molar-refractivity contribution is 5.98. The fourth-order valence-corrected chi connectivity index (χ4v) is 7.96. The number of likely N-dealkylation sites (tertiary alicyclic amines) is 1. The van der Waals surface area contributed by atoms with Crippen LogP contribution in [0, 0.1) is 48.5 Å². The summed E-state index contributed by atoms with van der Waals surface area (Å²) < 4.78 is 60.0. The van der Waals surface area contributed by atoms with Gasteiger partial charge in [-0.05, 0) is 89.8 Å². The number of aryl methyl sites for hydroxylation is 2. The minimum absolute atomic E-state index is 0.0257. The van der Waals surface area contributed by atoms with E-state index >= 15 is 8.78 Å². The summed E-state index contributed by atoms with van der Waals surface area (Å²) in [4.78, 5) is 48.0. The number of nitrogens with one attached hydrogen (secondary N) is 1. The Labute approximate surface area is 279 Å². The molecule has 0 bridgehead atoms. The maximum absolute atomic E-state index is 15.5. The molecule has 13 heteroatoms. The number of fused-ring (bicyclic) bond motifs is 2. The number of rotatable bonds is 8. The second-order valence-electron chi connectivity index (χ2n) is 14.0. The number of hydrogen-bond acceptors (Lipinski definition) is 5. The summed E-state index contributed by atoms with van der Waals surface area (Å²) >= 11 is 0. The van der Waals surface area contributed by atoms with Crippen molar-refractivity contribution in [1.29, 1.82) is 0 Å². The fraction of sp³-hybridized carbons (Fsp3) is 0.389. The molecule has 3 fully saturated rings. The molecule has 4 atom stereocenters. The number of carbonyl (C=O) groups is 3. The molecule has 1 saturated carbocycles. The van der Waals surface area contributed by atoms with Crippen LogP contribution in [0.1, 0.15) is 53.5 Å². The predicted octanol–water partition coefficient (Wildman–Crippen LogP) is 5.62. The maximum Gasteiger partial charge on any atom is 0.305 e. The van der Waals surface area contributed by atoms with Crippen LogP contribution >= 0.6 is 0 Å². The average Bonchev–Trinajstić information content (AvgIpc) is 3.38. The summed E-state index contributed by atoms with van der Waals surface area (Å²) in [6.45, 7) is 7.89. The smallest absolute Gasteiger partial charge is 0.305 e. The summed E-state index contributed by atoms with van der Waals surface area (Å²) in [7, 11) is 0. The van der Waals surface area contributed by atoms with Gasteiger partial charge >= 0.3 is 5.97 Å². The number of amides is 2. The largest absolute Gasteiger partial charge is 0.481 e. The third kappa shape index (κ3) is 5.48. The Morgan fingerprint density at radius 3 is 2.41 bits per heavy atom. The standard InChI is InChI=1S/C36H35F4N5O4/c1-17-8-20(37)9-18(2)29(17)19-10-22(31(40)24(39)11-19)25(12-28(46)47)42-34(48)32-30-23(36(30,3)4)15-45(32)35(49)26-16-43-7-5-6-27(33(43)41-26)44-13-21(38)14-44/h5-11,16,21,23,25,30,32H,12-15H2,1-4H3,(H,42,48)(H,46,47)/t23?,25?,30?,32-/m0/s1. The van der Waals surface area contributed by atoms with Gasteiger partial charge in [0.25, 0.3) is 5.91 Å². The Kier molecular flexibility index (Phi) is 7.71. The molecule has 2 N–H and O–H groups in total. The Balaban J connectivity index is 1.21. The molecular weight excluding hydrogens is 642 g/mol. The highest BCUT2D eigenvalue weighted by Gasteiger charge is 2.69. The van der Waals surface area contributed by atoms with Crippen molar-refractivity contribution in [2.24, 2.45) is 17.3 Å². The molecule has 2 aromatic heterocycles. The Morgan fingerprint density at radius 2 is 1.76 bits per heavy atom. The van der Waals surface area contributed by atoms with Crippen LogP contribution in [0.2, 0.25) is 0 Å². The van der Waals surface area contributed by atoms with E-state index in [-0.39, 0.29) is 53.7 Å². The third-order valence-electron chi connectivity index (χ3n) is 10.5. The number of aliphatic carboxylic acids is 1. The quantitative estimate of drug-likeness (QED) is 0.235. The lowest BCUT2D eigenvalue weighted by atomic mass is 9.91. The monoisotopic (exact) mass is 677 g/mol. The minimum Gasteiger partial charge on any atom is -0.481 e. The van der Waals surface area contributed by atoms with Gasteiger partial charge in [-0.1, -0.05) is 13.8 Å². The number of anilines is 1. The highest BCUT2D eigenvalue weighted by atomic mass is 19.2. The van der Waals surface area contributed by atoms with Crippen molar-refractivity contribution in [3.8, 4) is 11.1 Å². The zero-order valence-electron chi connectivity index (χ0n) is 27.3. The number of halogens is 4. The van der Waals surface area contributed by atoms with Crippen LogP contribution in [0.5, 0.6) is 0 Å². The van der Waals surface area contributed by atoms with Crippen molar-refractivity contribution in [1.82, 2.24) is 19.6 Å². The number of alkyl halides is 1. The Hall–Kier alpha value is -4.94. The SMILES string of the molecule is Cc1cc(F)cc(C)c1-c1cc(F)c(F)c(C(CC(=O)O)NC(=O)[C@@H]2C3C(CN2C(=O)c2cn4cccc(N5CC(F)C5)c4n2)C3(C)C)c1. The number of nitrogens with zero attached hydrogens (tertiary/aromatic N) is 4. The van der Waals surface area contributed by atoms with Crippen LogP contribution in [-0.4, -0.2) is 69.0 Å². The molecule has 256 valence electrons. The van der Waals surface area contributed by atoms with Crippen molar-refractivity contribution >= 4 is 29.1 Å². The van der Waals surface area contributed by atoms with Crippen LogP contribution in [0.3, 0.4) is 0 Å². The molecule has 2 aromatic carbocycles. The first-order chi connectivity index (χ1) is 23.1. The molecule has 4 aromatic rings. The van der Waals surface area contributed by atoms with E-state index < -0.39 is 59.9 Å². The van der Waals surface area contributed by atoms with Crippen molar-refractivity contribution in [3.05, 3.63) is 88.6 Å². The van der Waals surface area contributed by atoms with E-state index in [0.29, 0.717) is 28.0 Å². The maximum atomic E-state index is 15.5. The molecule has 9 nitrogen and oxygen atoms in total. The van der Waals surface area contributed by atoms with Gasteiger partial charge in [-0.15, -0.1) is 0 Å². The number of pyridine rings is 1. The summed E-state index contributed by atoms with van der Waals surface area (Å²) in [6.07, 6.45) is 1.56. The van der Waals surface area contributed by atoms with Gasteiger partial charge in [-0.3, -0.25) is 14.4 Å². The molecule has 2 saturated heterocycles. The van der Waals surface area contributed by atoms with Gasteiger partial charge in [0.15, 0.2) is 17.3 Å². The van der Waals surface area contributed by atoms with Crippen molar-refractivity contribution in [2.45, 2.75) is 52.4 Å². The summed E-state index contributed by atoms with van der Waals surface area (Å²) in [5.74, 6) is -5.94. The van der Waals surface area contributed by atoms with Crippen molar-refractivity contribution in [2.75, 3.05) is 24.5 Å². The van der Waals surface area contributed by atoms with Gasteiger partial charge < -0.3 is 24.6 Å². The predicted molar refractivity (Wildman–Crippen MR) is 172 cm³/mol. The summed E-state index contributed by atoms with van der Waals surface area (Å²) in [6, 6.07) is 5.79. The van der Waals surface area contributed by atoms with E-state index in [1.165, 1.54) is 23.1 Å². The highest BCUT2D eigenvalue weighted by Crippen LogP contribution is 2.65. The van der Waals surface area contributed by atoms with Crippen LogP contribution in [-0.2, 0) is 9.59 Å². The van der Waals surface area contributed by atoms with E-state index in [0.717, 1.165) is 6.07 Å². The van der Waals surface area contributed by atoms with Gasteiger partial charge in [0.05, 0.1) is 31.2 Å². The molecule has 49 heavy (non-hydrogen) atoms. The first-order valence-electron chi connectivity index (χ1n) is 16.1. The molecule has 3 aliphatic rings. The van der Waals surface area contributed by atoms with E-state index in [9.17, 15) is 28.3 Å². The topological polar surface area (TPSA) is 107 Å². The van der Waals surface area contributed by atoms with Crippen molar-refractivity contribution in [3.63, 3.8) is 0 Å². The second-order valence-corrected chi connectivity index (χ2v) is 14.0. The van der Waals surface area contributed by atoms with E-state index in [1.54, 1.807) is 42.8 Å². The molecule has 2 amide bonds. The fourth-order valence-electron chi connectivity index (χ4n) is 7.96. The molecule has 2 aliphatic heterocycles. The lowest BCUT2D eigenvalue weighted by molar-refractivity contribution is -0.138. The van der Waals surface area contributed by atoms with E-state index in [1.807, 2.05) is 18.7 Å². The van der Waals surface area contributed by atoms with E-state index in [2.05, 4.69) is 10.3 Å². The van der Waals surface area contributed by atoms with Gasteiger partial charge in [-0.25, -0.2) is 22.5 Å². The summed E-state index contributed by atoms with van der Waals surface area (Å²) in [5.41, 5.74) is 2.11. The number of imidazole rings is 1. The molecule has 4 heterocycles. The lowest BCUT2D eigenvalue weighted by Crippen LogP contribution is -2.51. The first kappa shape index (κ1) is 32.6. The van der Waals surface area contributed by atoms with Gasteiger partial charge in [0.2, 0.25) is 5.91 Å². The number of aromatic nitrogens is 2. The van der Waals surface area contributed by atoms with Gasteiger partial charge in [-0.2, -0.15) is 0 Å². The minimum atomic E-state index is -1.49. The normalized spacial score (nSPS) is 21.8. The first-order valence-corrected chi connectivity index (χ1v) is 16.1. The zero-order chi connectivity index (χ0) is 35.1. The molecule has 0 spiro atoms. The molecule has 0 radical (unpaired) electrons.